The van der Waals surface area contributed by atoms with E-state index in [4.69, 9.17) is 0 Å². The first-order valence-electron chi connectivity index (χ1n) is 7.19. The van der Waals surface area contributed by atoms with Gasteiger partial charge in [0.2, 0.25) is 11.8 Å². The number of hydrogen-bond donors (Lipinski definition) is 1. The number of nitrogens with one attached hydrogen (secondary N) is 1. The number of amides is 2. The fourth-order valence-electron chi connectivity index (χ4n) is 2.69. The molecule has 0 saturated carbocycles. The number of carbonyl (C=O) groups is 2. The van der Waals surface area contributed by atoms with Gasteiger partial charge in [0.15, 0.2) is 0 Å². The van der Waals surface area contributed by atoms with Crippen molar-refractivity contribution in [2.24, 2.45) is 0 Å². The van der Waals surface area contributed by atoms with Crippen LogP contribution in [-0.4, -0.2) is 23.8 Å². The largest absolute Gasteiger partial charge is 0.351 e. The lowest BCUT2D eigenvalue weighted by Gasteiger charge is -2.30. The molecule has 5 nitrogen and oxygen atoms in total. The van der Waals surface area contributed by atoms with Crippen LogP contribution in [0.15, 0.2) is 48.8 Å². The molecule has 0 fully saturated rings. The van der Waals surface area contributed by atoms with Gasteiger partial charge in [-0.1, -0.05) is 18.2 Å². The molecule has 0 aliphatic carbocycles. The maximum Gasteiger partial charge on any atom is 0.228 e. The van der Waals surface area contributed by atoms with Gasteiger partial charge in [-0.25, -0.2) is 0 Å². The zero-order chi connectivity index (χ0) is 15.5. The number of benzene rings is 1. The lowest BCUT2D eigenvalue weighted by molar-refractivity contribution is -0.127. The molecular weight excluding hydrogens is 278 g/mol. The SMILES string of the molecule is CN1C(=O)CC(C(=O)NCc2ccncc2)c2ccccc21. The normalized spacial score (nSPS) is 17.0. The number of anilines is 1. The molecule has 3 rings (SSSR count). The van der Waals surface area contributed by atoms with Crippen molar-refractivity contribution in [1.82, 2.24) is 10.3 Å². The van der Waals surface area contributed by atoms with E-state index in [0.717, 1.165) is 16.8 Å². The second-order valence-electron chi connectivity index (χ2n) is 5.34. The molecule has 1 aliphatic rings. The van der Waals surface area contributed by atoms with Gasteiger partial charge in [-0.05, 0) is 29.3 Å². The summed E-state index contributed by atoms with van der Waals surface area (Å²) < 4.78 is 0. The molecule has 2 aromatic rings. The number of nitrogens with zero attached hydrogens (tertiary/aromatic N) is 2. The molecule has 0 saturated heterocycles. The van der Waals surface area contributed by atoms with Gasteiger partial charge in [-0.2, -0.15) is 0 Å². The van der Waals surface area contributed by atoms with Crippen LogP contribution in [-0.2, 0) is 16.1 Å². The summed E-state index contributed by atoms with van der Waals surface area (Å²) in [4.78, 5) is 30.1. The number of aromatic nitrogens is 1. The fourth-order valence-corrected chi connectivity index (χ4v) is 2.69. The van der Waals surface area contributed by atoms with Gasteiger partial charge in [0, 0.05) is 38.1 Å². The van der Waals surface area contributed by atoms with Crippen molar-refractivity contribution < 1.29 is 9.59 Å². The van der Waals surface area contributed by atoms with E-state index in [1.807, 2.05) is 36.4 Å². The van der Waals surface area contributed by atoms with Crippen LogP contribution in [0.4, 0.5) is 5.69 Å². The van der Waals surface area contributed by atoms with Crippen LogP contribution < -0.4 is 10.2 Å². The zero-order valence-electron chi connectivity index (χ0n) is 12.3. The Morgan fingerprint density at radius 3 is 2.77 bits per heavy atom. The van der Waals surface area contributed by atoms with Crippen LogP contribution in [0.5, 0.6) is 0 Å². The van der Waals surface area contributed by atoms with E-state index in [0.29, 0.717) is 6.54 Å². The minimum atomic E-state index is -0.429. The highest BCUT2D eigenvalue weighted by Crippen LogP contribution is 2.35. The predicted octanol–water partition coefficient (Wildman–Crippen LogP) is 1.85. The quantitative estimate of drug-likeness (QED) is 0.940. The summed E-state index contributed by atoms with van der Waals surface area (Å²) in [7, 11) is 1.74. The molecule has 1 aliphatic heterocycles. The summed E-state index contributed by atoms with van der Waals surface area (Å²) in [5, 5.41) is 2.91. The van der Waals surface area contributed by atoms with E-state index in [1.165, 1.54) is 0 Å². The van der Waals surface area contributed by atoms with Crippen LogP contribution in [0, 0.1) is 0 Å². The molecule has 0 spiro atoms. The van der Waals surface area contributed by atoms with Gasteiger partial charge in [0.05, 0.1) is 5.92 Å². The molecule has 0 radical (unpaired) electrons. The molecule has 1 unspecified atom stereocenters. The Kier molecular flexibility index (Phi) is 3.87. The standard InChI is InChI=1S/C17H17N3O2/c1-20-15-5-3-2-4-13(15)14(10-16(20)21)17(22)19-11-12-6-8-18-9-7-12/h2-9,14H,10-11H2,1H3,(H,19,22). The first-order valence-corrected chi connectivity index (χ1v) is 7.19. The summed E-state index contributed by atoms with van der Waals surface area (Å²) in [5.41, 5.74) is 2.69. The first kappa shape index (κ1) is 14.3. The molecule has 1 aromatic carbocycles. The topological polar surface area (TPSA) is 62.3 Å². The zero-order valence-corrected chi connectivity index (χ0v) is 12.3. The van der Waals surface area contributed by atoms with E-state index in [9.17, 15) is 9.59 Å². The summed E-state index contributed by atoms with van der Waals surface area (Å²) in [5.74, 6) is -0.588. The van der Waals surface area contributed by atoms with Crippen LogP contribution >= 0.6 is 0 Å². The molecule has 1 atom stereocenters. The second kappa shape index (κ2) is 5.97. The molecule has 1 aromatic heterocycles. The minimum absolute atomic E-state index is 0.0391. The smallest absolute Gasteiger partial charge is 0.228 e. The summed E-state index contributed by atoms with van der Waals surface area (Å²) in [6.45, 7) is 0.435. The molecule has 0 bridgehead atoms. The van der Waals surface area contributed by atoms with E-state index in [2.05, 4.69) is 10.3 Å². The number of fused-ring (bicyclic) bond motifs is 1. The Labute approximate surface area is 129 Å². The lowest BCUT2D eigenvalue weighted by atomic mass is 9.89. The van der Waals surface area contributed by atoms with Gasteiger partial charge in [0.25, 0.3) is 0 Å². The predicted molar refractivity (Wildman–Crippen MR) is 83.3 cm³/mol. The number of hydrogen-bond acceptors (Lipinski definition) is 3. The van der Waals surface area contributed by atoms with Crippen LogP contribution in [0.1, 0.15) is 23.5 Å². The fraction of sp³-hybridized carbons (Fsp3) is 0.235. The molecular formula is C17H17N3O2. The van der Waals surface area contributed by atoms with Crippen LogP contribution in [0.3, 0.4) is 0 Å². The van der Waals surface area contributed by atoms with E-state index in [-0.39, 0.29) is 18.2 Å². The Morgan fingerprint density at radius 2 is 2.00 bits per heavy atom. The van der Waals surface area contributed by atoms with Crippen molar-refractivity contribution in [2.75, 3.05) is 11.9 Å². The van der Waals surface area contributed by atoms with Crippen molar-refractivity contribution >= 4 is 17.5 Å². The highest BCUT2D eigenvalue weighted by atomic mass is 16.2. The maximum absolute atomic E-state index is 12.5. The molecule has 1 N–H and O–H groups in total. The third-order valence-corrected chi connectivity index (χ3v) is 3.96. The highest BCUT2D eigenvalue weighted by molar-refractivity contribution is 6.02. The number of para-hydroxylation sites is 1. The van der Waals surface area contributed by atoms with Gasteiger partial charge in [-0.3, -0.25) is 14.6 Å². The minimum Gasteiger partial charge on any atom is -0.351 e. The van der Waals surface area contributed by atoms with E-state index >= 15 is 0 Å². The Hall–Kier alpha value is -2.69. The highest BCUT2D eigenvalue weighted by Gasteiger charge is 2.33. The average Bonchev–Trinajstić information content (AvgIpc) is 2.57. The average molecular weight is 295 g/mol. The Bertz CT molecular complexity index is 700. The number of carbonyl (C=O) groups excluding carboxylic acids is 2. The maximum atomic E-state index is 12.5. The lowest BCUT2D eigenvalue weighted by Crippen LogP contribution is -2.39. The summed E-state index contributed by atoms with van der Waals surface area (Å²) in [6, 6.07) is 11.3. The third kappa shape index (κ3) is 2.70. The van der Waals surface area contributed by atoms with Gasteiger partial charge >= 0.3 is 0 Å². The monoisotopic (exact) mass is 295 g/mol. The van der Waals surface area contributed by atoms with Crippen LogP contribution in [0.25, 0.3) is 0 Å². The van der Waals surface area contributed by atoms with Gasteiger partial charge in [-0.15, -0.1) is 0 Å². The molecule has 22 heavy (non-hydrogen) atoms. The van der Waals surface area contributed by atoms with E-state index < -0.39 is 5.92 Å². The molecule has 5 heteroatoms. The number of pyridine rings is 1. The third-order valence-electron chi connectivity index (χ3n) is 3.96. The second-order valence-corrected chi connectivity index (χ2v) is 5.34. The van der Waals surface area contributed by atoms with Gasteiger partial charge in [0.1, 0.15) is 0 Å². The van der Waals surface area contributed by atoms with Crippen LogP contribution in [0.2, 0.25) is 0 Å². The molecule has 2 amide bonds. The van der Waals surface area contributed by atoms with Gasteiger partial charge < -0.3 is 10.2 Å². The van der Waals surface area contributed by atoms with Crippen molar-refractivity contribution in [3.05, 3.63) is 59.9 Å². The van der Waals surface area contributed by atoms with Crippen molar-refractivity contribution in [1.29, 1.82) is 0 Å². The van der Waals surface area contributed by atoms with Crippen molar-refractivity contribution in [2.45, 2.75) is 18.9 Å². The first-order chi connectivity index (χ1) is 10.7. The Morgan fingerprint density at radius 1 is 1.27 bits per heavy atom. The number of rotatable bonds is 3. The Balaban J connectivity index is 1.78. The summed E-state index contributed by atoms with van der Waals surface area (Å²) in [6.07, 6.45) is 3.58. The van der Waals surface area contributed by atoms with Crippen molar-refractivity contribution in [3.8, 4) is 0 Å². The van der Waals surface area contributed by atoms with Crippen molar-refractivity contribution in [3.63, 3.8) is 0 Å². The van der Waals surface area contributed by atoms with E-state index in [1.54, 1.807) is 24.3 Å². The molecule has 112 valence electrons. The summed E-state index contributed by atoms with van der Waals surface area (Å²) >= 11 is 0. The molecule has 2 heterocycles.